The van der Waals surface area contributed by atoms with E-state index in [0.717, 1.165) is 31.2 Å². The summed E-state index contributed by atoms with van der Waals surface area (Å²) in [5.74, 6) is -0.368. The number of carbonyl (C=O) groups excluding carboxylic acids is 2. The number of hydrazine groups is 1. The Morgan fingerprint density at radius 3 is 2.72 bits per heavy atom. The van der Waals surface area contributed by atoms with E-state index in [2.05, 4.69) is 48.9 Å². The van der Waals surface area contributed by atoms with Gasteiger partial charge in [0.25, 0.3) is 5.91 Å². The molecule has 0 bridgehead atoms. The topological polar surface area (TPSA) is 84.9 Å². The second-order valence-corrected chi connectivity index (χ2v) is 7.85. The van der Waals surface area contributed by atoms with E-state index in [1.807, 2.05) is 11.1 Å². The van der Waals surface area contributed by atoms with Gasteiger partial charge in [0.1, 0.15) is 5.70 Å². The molecule has 7 nitrogen and oxygen atoms in total. The first-order valence-corrected chi connectivity index (χ1v) is 10.5. The van der Waals surface area contributed by atoms with Crippen molar-refractivity contribution in [2.24, 2.45) is 0 Å². The zero-order valence-electron chi connectivity index (χ0n) is 17.4. The molecule has 0 saturated carbocycles. The van der Waals surface area contributed by atoms with Gasteiger partial charge in [-0.1, -0.05) is 56.0 Å². The molecule has 3 rings (SSSR count). The zero-order chi connectivity index (χ0) is 20.8. The van der Waals surface area contributed by atoms with Crippen LogP contribution in [-0.4, -0.2) is 59.1 Å². The van der Waals surface area contributed by atoms with Crippen molar-refractivity contribution >= 4 is 11.8 Å². The third-order valence-electron chi connectivity index (χ3n) is 5.51. The van der Waals surface area contributed by atoms with Gasteiger partial charge >= 0.3 is 0 Å². The molecule has 2 heterocycles. The number of hydrogen-bond donors (Lipinski definition) is 3. The number of benzene rings is 1. The van der Waals surface area contributed by atoms with Gasteiger partial charge < -0.3 is 15.3 Å². The van der Waals surface area contributed by atoms with Crippen LogP contribution in [0, 0.1) is 6.92 Å². The highest BCUT2D eigenvalue weighted by atomic mass is 16.3. The summed E-state index contributed by atoms with van der Waals surface area (Å²) in [5, 5.41) is 13.5. The number of amides is 2. The highest BCUT2D eigenvalue weighted by molar-refractivity contribution is 5.96. The molecule has 2 amide bonds. The molecule has 7 heteroatoms. The van der Waals surface area contributed by atoms with Gasteiger partial charge in [-0.15, -0.1) is 0 Å². The number of rotatable bonds is 9. The first-order valence-electron chi connectivity index (χ1n) is 10.5. The standard InChI is InChI=1S/C22H32N4O3/c1-3-4-5-6-18-14-25(15-21(28)23-11-12-27)22(29)20-13-19(24-26(18)20)17-9-7-16(2)8-10-17/h7-10,13,18-19,24,27H,3-6,11-12,14-15H2,1-2H3,(H,23,28). The van der Waals surface area contributed by atoms with Gasteiger partial charge in [-0.3, -0.25) is 14.6 Å². The maximum Gasteiger partial charge on any atom is 0.271 e. The molecule has 2 aliphatic rings. The molecule has 2 unspecified atom stereocenters. The summed E-state index contributed by atoms with van der Waals surface area (Å²) < 4.78 is 0. The van der Waals surface area contributed by atoms with Crippen molar-refractivity contribution in [3.63, 3.8) is 0 Å². The summed E-state index contributed by atoms with van der Waals surface area (Å²) in [7, 11) is 0. The van der Waals surface area contributed by atoms with Crippen LogP contribution in [0.1, 0.15) is 49.8 Å². The first kappa shape index (κ1) is 21.3. The fraction of sp³-hybridized carbons (Fsp3) is 0.545. The number of aryl methyl sites for hydroxylation is 1. The maximum atomic E-state index is 13.1. The van der Waals surface area contributed by atoms with Crippen LogP contribution >= 0.6 is 0 Å². The van der Waals surface area contributed by atoms with Crippen LogP contribution in [0.2, 0.25) is 0 Å². The zero-order valence-corrected chi connectivity index (χ0v) is 17.4. The van der Waals surface area contributed by atoms with Gasteiger partial charge in [-0.25, -0.2) is 5.43 Å². The van der Waals surface area contributed by atoms with E-state index >= 15 is 0 Å². The van der Waals surface area contributed by atoms with Crippen LogP contribution in [0.25, 0.3) is 0 Å². The monoisotopic (exact) mass is 400 g/mol. The smallest absolute Gasteiger partial charge is 0.271 e. The molecular formula is C22H32N4O3. The normalized spacial score (nSPS) is 21.2. The van der Waals surface area contributed by atoms with Gasteiger partial charge in [-0.05, 0) is 25.0 Å². The number of hydrogen-bond acceptors (Lipinski definition) is 5. The molecule has 0 aliphatic carbocycles. The Bertz CT molecular complexity index is 747. The van der Waals surface area contributed by atoms with Crippen LogP contribution in [0.3, 0.4) is 0 Å². The highest BCUT2D eigenvalue weighted by Gasteiger charge is 2.41. The molecule has 1 fully saturated rings. The Balaban J connectivity index is 1.77. The van der Waals surface area contributed by atoms with Crippen molar-refractivity contribution in [1.29, 1.82) is 0 Å². The fourth-order valence-corrected chi connectivity index (χ4v) is 3.91. The minimum absolute atomic E-state index is 0.0174. The number of unbranched alkanes of at least 4 members (excludes halogenated alkanes) is 2. The lowest BCUT2D eigenvalue weighted by Crippen LogP contribution is -2.58. The van der Waals surface area contributed by atoms with Crippen molar-refractivity contribution in [3.05, 3.63) is 47.2 Å². The Morgan fingerprint density at radius 1 is 1.28 bits per heavy atom. The Hall–Kier alpha value is -2.38. The Morgan fingerprint density at radius 2 is 2.03 bits per heavy atom. The predicted octanol–water partition coefficient (Wildman–Crippen LogP) is 1.64. The van der Waals surface area contributed by atoms with E-state index in [9.17, 15) is 9.59 Å². The average Bonchev–Trinajstić information content (AvgIpc) is 3.16. The molecule has 158 valence electrons. The number of piperazine rings is 1. The summed E-state index contributed by atoms with van der Waals surface area (Å²) in [6.45, 7) is 4.85. The molecule has 3 N–H and O–H groups in total. The van der Waals surface area contributed by atoms with Crippen LogP contribution in [0.5, 0.6) is 0 Å². The molecule has 1 aromatic carbocycles. The van der Waals surface area contributed by atoms with E-state index < -0.39 is 0 Å². The van der Waals surface area contributed by atoms with Crippen molar-refractivity contribution in [3.8, 4) is 0 Å². The molecular weight excluding hydrogens is 368 g/mol. The lowest BCUT2D eigenvalue weighted by molar-refractivity contribution is -0.139. The number of nitrogens with zero attached hydrogens (tertiary/aromatic N) is 2. The lowest BCUT2D eigenvalue weighted by atomic mass is 10.0. The summed E-state index contributed by atoms with van der Waals surface area (Å²) in [5.41, 5.74) is 6.44. The number of carbonyl (C=O) groups is 2. The van der Waals surface area contributed by atoms with E-state index in [-0.39, 0.29) is 43.6 Å². The van der Waals surface area contributed by atoms with Crippen molar-refractivity contribution in [2.45, 2.75) is 51.6 Å². The largest absolute Gasteiger partial charge is 0.395 e. The molecule has 0 radical (unpaired) electrons. The van der Waals surface area contributed by atoms with E-state index in [4.69, 9.17) is 5.11 Å². The first-order chi connectivity index (χ1) is 14.0. The summed E-state index contributed by atoms with van der Waals surface area (Å²) in [4.78, 5) is 26.8. The number of fused-ring (bicyclic) bond motifs is 1. The number of aliphatic hydroxyl groups excluding tert-OH is 1. The van der Waals surface area contributed by atoms with Crippen molar-refractivity contribution < 1.29 is 14.7 Å². The number of aliphatic hydroxyl groups is 1. The highest BCUT2D eigenvalue weighted by Crippen LogP contribution is 2.32. The van der Waals surface area contributed by atoms with Crippen LogP contribution in [0.4, 0.5) is 0 Å². The summed E-state index contributed by atoms with van der Waals surface area (Å²) in [6, 6.07) is 8.40. The van der Waals surface area contributed by atoms with Gasteiger partial charge in [0.2, 0.25) is 5.91 Å². The van der Waals surface area contributed by atoms with E-state index in [0.29, 0.717) is 12.2 Å². The van der Waals surface area contributed by atoms with Crippen LogP contribution < -0.4 is 10.7 Å². The maximum absolute atomic E-state index is 13.1. The van der Waals surface area contributed by atoms with E-state index in [1.54, 1.807) is 4.90 Å². The minimum Gasteiger partial charge on any atom is -0.395 e. The van der Waals surface area contributed by atoms with Crippen molar-refractivity contribution in [2.75, 3.05) is 26.2 Å². The molecule has 2 atom stereocenters. The molecule has 0 aromatic heterocycles. The average molecular weight is 401 g/mol. The number of nitrogens with one attached hydrogen (secondary N) is 2. The van der Waals surface area contributed by atoms with Gasteiger partial charge in [0.05, 0.1) is 25.2 Å². The molecule has 1 saturated heterocycles. The van der Waals surface area contributed by atoms with Crippen LogP contribution in [-0.2, 0) is 9.59 Å². The van der Waals surface area contributed by atoms with Gasteiger partial charge in [0, 0.05) is 13.1 Å². The Kier molecular flexibility index (Phi) is 7.28. The van der Waals surface area contributed by atoms with E-state index in [1.165, 1.54) is 5.56 Å². The third-order valence-corrected chi connectivity index (χ3v) is 5.51. The summed E-state index contributed by atoms with van der Waals surface area (Å²) >= 11 is 0. The molecule has 29 heavy (non-hydrogen) atoms. The van der Waals surface area contributed by atoms with Gasteiger partial charge in [0.15, 0.2) is 0 Å². The van der Waals surface area contributed by atoms with Crippen LogP contribution in [0.15, 0.2) is 36.0 Å². The SMILES string of the molecule is CCCCCC1CN(CC(=O)NCCO)C(=O)C2=CC(c3ccc(C)cc3)NN21. The third kappa shape index (κ3) is 5.16. The predicted molar refractivity (Wildman–Crippen MR) is 112 cm³/mol. The second-order valence-electron chi connectivity index (χ2n) is 7.85. The fourth-order valence-electron chi connectivity index (χ4n) is 3.91. The Labute approximate surface area is 172 Å². The van der Waals surface area contributed by atoms with Gasteiger partial charge in [-0.2, -0.15) is 0 Å². The van der Waals surface area contributed by atoms with Crippen molar-refractivity contribution in [1.82, 2.24) is 20.7 Å². The molecule has 2 aliphatic heterocycles. The quantitative estimate of drug-likeness (QED) is 0.549. The molecule has 1 aromatic rings. The summed E-state index contributed by atoms with van der Waals surface area (Å²) in [6.07, 6.45) is 6.30. The second kappa shape index (κ2) is 9.89. The lowest BCUT2D eigenvalue weighted by Gasteiger charge is -2.41. The minimum atomic E-state index is -0.241. The molecule has 0 spiro atoms.